The van der Waals surface area contributed by atoms with Gasteiger partial charge >= 0.3 is 5.97 Å². The average Bonchev–Trinajstić information content (AvgIpc) is 2.61. The van der Waals surface area contributed by atoms with Gasteiger partial charge in [0.25, 0.3) is 0 Å². The molecule has 0 aliphatic heterocycles. The van der Waals surface area contributed by atoms with Crippen molar-refractivity contribution in [1.29, 1.82) is 0 Å². The number of esters is 1. The molecule has 0 aliphatic carbocycles. The highest BCUT2D eigenvalue weighted by atomic mass is 16.5. The molecule has 0 radical (unpaired) electrons. The average molecular weight is 321 g/mol. The van der Waals surface area contributed by atoms with Crippen molar-refractivity contribution >= 4 is 16.7 Å². The first-order chi connectivity index (χ1) is 11.6. The molecule has 0 heterocycles. The van der Waals surface area contributed by atoms with E-state index in [0.717, 1.165) is 16.3 Å². The van der Waals surface area contributed by atoms with Crippen LogP contribution in [0.1, 0.15) is 30.2 Å². The summed E-state index contributed by atoms with van der Waals surface area (Å²) in [5.41, 5.74) is 7.33. The topological polar surface area (TPSA) is 72.5 Å². The fraction of sp³-hybridized carbons (Fsp3) is 0.150. The number of aliphatic hydroxyl groups excluding tert-OH is 1. The van der Waals surface area contributed by atoms with Gasteiger partial charge in [0.1, 0.15) is 5.75 Å². The van der Waals surface area contributed by atoms with Gasteiger partial charge in [0, 0.05) is 11.6 Å². The van der Waals surface area contributed by atoms with Gasteiger partial charge in [0.2, 0.25) is 0 Å². The highest BCUT2D eigenvalue weighted by molar-refractivity contribution is 5.89. The van der Waals surface area contributed by atoms with E-state index in [4.69, 9.17) is 10.5 Å². The van der Waals surface area contributed by atoms with Gasteiger partial charge in [0.15, 0.2) is 6.10 Å². The molecule has 3 rings (SSSR count). The van der Waals surface area contributed by atoms with E-state index < -0.39 is 12.1 Å². The molecule has 4 nitrogen and oxygen atoms in total. The number of ether oxygens (including phenoxy) is 1. The Kier molecular flexibility index (Phi) is 4.60. The lowest BCUT2D eigenvalue weighted by Gasteiger charge is -2.17. The molecule has 0 amide bonds. The van der Waals surface area contributed by atoms with Gasteiger partial charge < -0.3 is 15.6 Å². The maximum atomic E-state index is 12.3. The minimum absolute atomic E-state index is 0.312. The first-order valence-electron chi connectivity index (χ1n) is 7.80. The lowest BCUT2D eigenvalue weighted by atomic mass is 9.99. The molecular formula is C20H19NO3. The van der Waals surface area contributed by atoms with Crippen LogP contribution in [-0.4, -0.2) is 11.1 Å². The number of fused-ring (bicyclic) bond motifs is 1. The largest absolute Gasteiger partial charge is 0.424 e. The third kappa shape index (κ3) is 3.15. The number of rotatable bonds is 4. The van der Waals surface area contributed by atoms with Gasteiger partial charge in [-0.25, -0.2) is 4.79 Å². The minimum Gasteiger partial charge on any atom is -0.424 e. The molecule has 0 saturated carbocycles. The lowest BCUT2D eigenvalue weighted by molar-refractivity contribution is -0.144. The summed E-state index contributed by atoms with van der Waals surface area (Å²) in [6.07, 6.45) is -1.33. The minimum atomic E-state index is -1.33. The van der Waals surface area contributed by atoms with Gasteiger partial charge in [-0.3, -0.25) is 0 Å². The van der Waals surface area contributed by atoms with Crippen molar-refractivity contribution in [3.05, 3.63) is 77.9 Å². The molecule has 0 aliphatic rings. The number of hydrogen-bond acceptors (Lipinski definition) is 4. The number of carbonyl (C=O) groups is 1. The monoisotopic (exact) mass is 321 g/mol. The van der Waals surface area contributed by atoms with Gasteiger partial charge in [-0.2, -0.15) is 0 Å². The van der Waals surface area contributed by atoms with Crippen molar-refractivity contribution in [2.45, 2.75) is 19.1 Å². The number of nitrogens with two attached hydrogens (primary N) is 1. The molecule has 0 saturated heterocycles. The molecule has 0 fully saturated rings. The summed E-state index contributed by atoms with van der Waals surface area (Å²) in [7, 11) is 0. The Morgan fingerprint density at radius 3 is 2.38 bits per heavy atom. The van der Waals surface area contributed by atoms with Crippen molar-refractivity contribution < 1.29 is 14.6 Å². The predicted molar refractivity (Wildman–Crippen MR) is 93.6 cm³/mol. The molecule has 24 heavy (non-hydrogen) atoms. The second kappa shape index (κ2) is 6.83. The first kappa shape index (κ1) is 16.2. The quantitative estimate of drug-likeness (QED) is 0.570. The number of aliphatic hydroxyl groups is 1. The Morgan fingerprint density at radius 1 is 1.00 bits per heavy atom. The summed E-state index contributed by atoms with van der Waals surface area (Å²) in [5.74, 6) is -0.345. The third-order valence-corrected chi connectivity index (χ3v) is 3.94. The van der Waals surface area contributed by atoms with Gasteiger partial charge in [0.05, 0.1) is 0 Å². The summed E-state index contributed by atoms with van der Waals surface area (Å²) >= 11 is 0. The van der Waals surface area contributed by atoms with Crippen LogP contribution in [0, 0.1) is 0 Å². The molecule has 0 spiro atoms. The van der Waals surface area contributed by atoms with E-state index >= 15 is 0 Å². The zero-order valence-corrected chi connectivity index (χ0v) is 13.3. The van der Waals surface area contributed by atoms with Crippen molar-refractivity contribution in [3.8, 4) is 5.75 Å². The van der Waals surface area contributed by atoms with Crippen LogP contribution >= 0.6 is 0 Å². The zero-order chi connectivity index (χ0) is 17.1. The molecule has 2 unspecified atom stereocenters. The van der Waals surface area contributed by atoms with E-state index in [1.807, 2.05) is 43.3 Å². The summed E-state index contributed by atoms with van der Waals surface area (Å²) in [4.78, 5) is 12.3. The maximum absolute atomic E-state index is 12.3. The van der Waals surface area contributed by atoms with Crippen LogP contribution in [0.25, 0.3) is 10.8 Å². The van der Waals surface area contributed by atoms with Crippen LogP contribution < -0.4 is 10.5 Å². The van der Waals surface area contributed by atoms with Crippen LogP contribution in [0.2, 0.25) is 0 Å². The molecule has 3 aromatic rings. The Balaban J connectivity index is 1.95. The zero-order valence-electron chi connectivity index (χ0n) is 13.3. The molecule has 122 valence electrons. The fourth-order valence-corrected chi connectivity index (χ4v) is 2.77. The van der Waals surface area contributed by atoms with E-state index in [1.54, 1.807) is 30.3 Å². The Labute approximate surface area is 140 Å². The third-order valence-electron chi connectivity index (χ3n) is 3.94. The lowest BCUT2D eigenvalue weighted by Crippen LogP contribution is -2.20. The van der Waals surface area contributed by atoms with E-state index in [2.05, 4.69) is 0 Å². The normalized spacial score (nSPS) is 13.5. The number of carbonyl (C=O) groups excluding carboxylic acids is 1. The van der Waals surface area contributed by atoms with Crippen LogP contribution in [0.3, 0.4) is 0 Å². The highest BCUT2D eigenvalue weighted by Crippen LogP contribution is 2.33. The first-order valence-corrected chi connectivity index (χ1v) is 7.80. The number of hydrogen-bond donors (Lipinski definition) is 2. The summed E-state index contributed by atoms with van der Waals surface area (Å²) in [6.45, 7) is 1.84. The molecule has 3 aromatic carbocycles. The maximum Gasteiger partial charge on any atom is 0.345 e. The Bertz CT molecular complexity index is 859. The fourth-order valence-electron chi connectivity index (χ4n) is 2.77. The Morgan fingerprint density at radius 2 is 1.67 bits per heavy atom. The van der Waals surface area contributed by atoms with Crippen molar-refractivity contribution in [2.24, 2.45) is 5.73 Å². The second-order valence-corrected chi connectivity index (χ2v) is 5.72. The van der Waals surface area contributed by atoms with E-state index in [-0.39, 0.29) is 6.04 Å². The predicted octanol–water partition coefficient (Wildman–Crippen LogP) is 3.50. The number of benzene rings is 3. The standard InChI is InChI=1S/C20H19NO3/c1-13(21)18-16-10-6-5-7-14(16)11-12-17(18)24-20(23)19(22)15-8-3-2-4-9-15/h2-13,19,22H,21H2,1H3. The van der Waals surface area contributed by atoms with Crippen molar-refractivity contribution in [2.75, 3.05) is 0 Å². The Hall–Kier alpha value is -2.69. The van der Waals surface area contributed by atoms with Crippen LogP contribution in [0.5, 0.6) is 5.75 Å². The van der Waals surface area contributed by atoms with Gasteiger partial charge in [-0.1, -0.05) is 60.7 Å². The van der Waals surface area contributed by atoms with Crippen LogP contribution in [0.15, 0.2) is 66.7 Å². The van der Waals surface area contributed by atoms with Crippen molar-refractivity contribution in [1.82, 2.24) is 0 Å². The molecule has 4 heteroatoms. The van der Waals surface area contributed by atoms with E-state index in [1.165, 1.54) is 0 Å². The van der Waals surface area contributed by atoms with Gasteiger partial charge in [-0.15, -0.1) is 0 Å². The smallest absolute Gasteiger partial charge is 0.345 e. The molecule has 2 atom stereocenters. The molecule has 0 bridgehead atoms. The molecular weight excluding hydrogens is 302 g/mol. The van der Waals surface area contributed by atoms with Crippen molar-refractivity contribution in [3.63, 3.8) is 0 Å². The summed E-state index contributed by atoms with van der Waals surface area (Å²) in [5, 5.41) is 12.1. The highest BCUT2D eigenvalue weighted by Gasteiger charge is 2.22. The summed E-state index contributed by atoms with van der Waals surface area (Å²) < 4.78 is 5.46. The molecule has 0 aromatic heterocycles. The van der Waals surface area contributed by atoms with Crippen LogP contribution in [-0.2, 0) is 4.79 Å². The van der Waals surface area contributed by atoms with Crippen LogP contribution in [0.4, 0.5) is 0 Å². The molecule has 3 N–H and O–H groups in total. The second-order valence-electron chi connectivity index (χ2n) is 5.72. The van der Waals surface area contributed by atoms with E-state index in [9.17, 15) is 9.90 Å². The summed E-state index contributed by atoms with van der Waals surface area (Å²) in [6, 6.07) is 19.8. The SMILES string of the molecule is CC(N)c1c(OC(=O)C(O)c2ccccc2)ccc2ccccc12. The van der Waals surface area contributed by atoms with E-state index in [0.29, 0.717) is 11.3 Å². The van der Waals surface area contributed by atoms with Gasteiger partial charge in [-0.05, 0) is 29.3 Å².